The van der Waals surface area contributed by atoms with Gasteiger partial charge < -0.3 is 15.5 Å². The van der Waals surface area contributed by atoms with Crippen LogP contribution < -0.4 is 15.5 Å². The van der Waals surface area contributed by atoms with Crippen molar-refractivity contribution in [3.8, 4) is 0 Å². The molecule has 0 spiro atoms. The van der Waals surface area contributed by atoms with Gasteiger partial charge in [-0.1, -0.05) is 48.5 Å². The first-order chi connectivity index (χ1) is 12.1. The number of nitrogens with one attached hydrogen (secondary N) is 2. The Morgan fingerprint density at radius 3 is 2.19 bits per heavy atom. The van der Waals surface area contributed by atoms with Gasteiger partial charge in [0.25, 0.3) is 0 Å². The zero-order chi connectivity index (χ0) is 17.6. The second-order valence-corrected chi connectivity index (χ2v) is 6.34. The van der Waals surface area contributed by atoms with E-state index >= 15 is 0 Å². The minimum Gasteiger partial charge on any atom is -0.344 e. The smallest absolute Gasteiger partial charge is 0.249 e. The lowest BCUT2D eigenvalue weighted by molar-refractivity contribution is -0.131. The standard InChI is InChI=1S/C20H23N3O2.ClH/c1-23(17-10-6-3-7-11-17)20(25)18(12-15-8-4-2-5-9-15)22-19(24)16-13-21-14-16;/h2-11,16,18,21H,12-14H2,1H3,(H,22,24);1H/t18-;/m0./s1. The fraction of sp³-hybridized carbons (Fsp3) is 0.300. The molecular formula is C20H24ClN3O2. The van der Waals surface area contributed by atoms with Crippen LogP contribution in [0.3, 0.4) is 0 Å². The Kier molecular flexibility index (Phi) is 7.18. The SMILES string of the molecule is CN(C(=O)[C@H](Cc1ccccc1)NC(=O)C1CNC1)c1ccccc1.Cl. The fourth-order valence-corrected chi connectivity index (χ4v) is 2.83. The molecule has 26 heavy (non-hydrogen) atoms. The van der Waals surface area contributed by atoms with Crippen molar-refractivity contribution in [3.63, 3.8) is 0 Å². The summed E-state index contributed by atoms with van der Waals surface area (Å²) >= 11 is 0. The molecule has 1 fully saturated rings. The molecule has 0 aromatic heterocycles. The molecule has 0 saturated carbocycles. The number of carbonyl (C=O) groups excluding carboxylic acids is 2. The molecule has 1 aliphatic rings. The highest BCUT2D eigenvalue weighted by Crippen LogP contribution is 2.15. The number of para-hydroxylation sites is 1. The van der Waals surface area contributed by atoms with Crippen LogP contribution in [0.5, 0.6) is 0 Å². The predicted molar refractivity (Wildman–Crippen MR) is 106 cm³/mol. The predicted octanol–water partition coefficient (Wildman–Crippen LogP) is 2.02. The van der Waals surface area contributed by atoms with Gasteiger partial charge in [0, 0.05) is 32.2 Å². The lowest BCUT2D eigenvalue weighted by Gasteiger charge is -2.30. The van der Waals surface area contributed by atoms with E-state index in [2.05, 4.69) is 10.6 Å². The number of anilines is 1. The molecular weight excluding hydrogens is 350 g/mol. The summed E-state index contributed by atoms with van der Waals surface area (Å²) in [5.74, 6) is -0.224. The summed E-state index contributed by atoms with van der Waals surface area (Å²) in [5.41, 5.74) is 1.83. The third kappa shape index (κ3) is 4.84. The van der Waals surface area contributed by atoms with Crippen LogP contribution in [0.4, 0.5) is 5.69 Å². The zero-order valence-corrected chi connectivity index (χ0v) is 15.5. The highest BCUT2D eigenvalue weighted by molar-refractivity contribution is 5.99. The van der Waals surface area contributed by atoms with Crippen LogP contribution in [0.25, 0.3) is 0 Å². The molecule has 1 saturated heterocycles. The number of carbonyl (C=O) groups is 2. The second kappa shape index (κ2) is 9.36. The quantitative estimate of drug-likeness (QED) is 0.814. The van der Waals surface area contributed by atoms with Gasteiger partial charge in [0.15, 0.2) is 0 Å². The van der Waals surface area contributed by atoms with Gasteiger partial charge in [0.2, 0.25) is 11.8 Å². The molecule has 138 valence electrons. The topological polar surface area (TPSA) is 61.4 Å². The van der Waals surface area contributed by atoms with Gasteiger partial charge in [-0.3, -0.25) is 9.59 Å². The van der Waals surface area contributed by atoms with E-state index in [1.54, 1.807) is 11.9 Å². The summed E-state index contributed by atoms with van der Waals surface area (Å²) in [6, 6.07) is 18.6. The minimum atomic E-state index is -0.583. The Morgan fingerprint density at radius 1 is 1.08 bits per heavy atom. The molecule has 6 heteroatoms. The number of hydrogen-bond acceptors (Lipinski definition) is 3. The van der Waals surface area contributed by atoms with Gasteiger partial charge in [0.05, 0.1) is 5.92 Å². The van der Waals surface area contributed by atoms with Crippen LogP contribution in [0.1, 0.15) is 5.56 Å². The van der Waals surface area contributed by atoms with Crippen molar-refractivity contribution in [2.45, 2.75) is 12.5 Å². The van der Waals surface area contributed by atoms with Crippen molar-refractivity contribution in [1.82, 2.24) is 10.6 Å². The molecule has 3 rings (SSSR count). The first kappa shape index (κ1) is 19.9. The number of amides is 2. The maximum absolute atomic E-state index is 13.0. The lowest BCUT2D eigenvalue weighted by Crippen LogP contribution is -2.56. The molecule has 1 atom stereocenters. The fourth-order valence-electron chi connectivity index (χ4n) is 2.83. The maximum Gasteiger partial charge on any atom is 0.249 e. The zero-order valence-electron chi connectivity index (χ0n) is 14.7. The molecule has 2 aromatic carbocycles. The monoisotopic (exact) mass is 373 g/mol. The van der Waals surface area contributed by atoms with Crippen molar-refractivity contribution in [3.05, 3.63) is 66.2 Å². The van der Waals surface area contributed by atoms with Crippen LogP contribution in [0, 0.1) is 5.92 Å². The van der Waals surface area contributed by atoms with Gasteiger partial charge in [-0.2, -0.15) is 0 Å². The first-order valence-electron chi connectivity index (χ1n) is 8.53. The molecule has 2 N–H and O–H groups in total. The Bertz CT molecular complexity index is 720. The number of rotatable bonds is 6. The normalized spacial score (nSPS) is 14.5. The van der Waals surface area contributed by atoms with Crippen molar-refractivity contribution >= 4 is 29.9 Å². The number of halogens is 1. The molecule has 0 unspecified atom stereocenters. The highest BCUT2D eigenvalue weighted by Gasteiger charge is 2.30. The average molecular weight is 374 g/mol. The number of likely N-dealkylation sites (N-methyl/N-ethyl adjacent to an activating group) is 1. The molecule has 5 nitrogen and oxygen atoms in total. The van der Waals surface area contributed by atoms with Gasteiger partial charge in [-0.15, -0.1) is 12.4 Å². The van der Waals surface area contributed by atoms with Gasteiger partial charge in [-0.25, -0.2) is 0 Å². The van der Waals surface area contributed by atoms with Crippen molar-refractivity contribution < 1.29 is 9.59 Å². The summed E-state index contributed by atoms with van der Waals surface area (Å²) in [6.45, 7) is 1.35. The molecule has 2 amide bonds. The lowest BCUT2D eigenvalue weighted by atomic mass is 10.00. The third-order valence-electron chi connectivity index (χ3n) is 4.52. The Labute approximate surface area is 160 Å². The average Bonchev–Trinajstić information content (AvgIpc) is 2.60. The van der Waals surface area contributed by atoms with Crippen LogP contribution in [0.15, 0.2) is 60.7 Å². The molecule has 0 aliphatic carbocycles. The summed E-state index contributed by atoms with van der Waals surface area (Å²) in [7, 11) is 1.74. The van der Waals surface area contributed by atoms with Crippen molar-refractivity contribution in [1.29, 1.82) is 0 Å². The molecule has 1 aliphatic heterocycles. The Hall–Kier alpha value is -2.37. The van der Waals surface area contributed by atoms with Crippen molar-refractivity contribution in [2.24, 2.45) is 5.92 Å². The summed E-state index contributed by atoms with van der Waals surface area (Å²) in [4.78, 5) is 27.0. The van der Waals surface area contributed by atoms with E-state index in [4.69, 9.17) is 0 Å². The molecule has 2 aromatic rings. The van der Waals surface area contributed by atoms with E-state index in [9.17, 15) is 9.59 Å². The maximum atomic E-state index is 13.0. The van der Waals surface area contributed by atoms with Crippen LogP contribution >= 0.6 is 12.4 Å². The van der Waals surface area contributed by atoms with Gasteiger partial charge in [0.1, 0.15) is 6.04 Å². The van der Waals surface area contributed by atoms with Gasteiger partial charge >= 0.3 is 0 Å². The molecule has 0 radical (unpaired) electrons. The number of benzene rings is 2. The second-order valence-electron chi connectivity index (χ2n) is 6.34. The van der Waals surface area contributed by atoms with Crippen LogP contribution in [0.2, 0.25) is 0 Å². The number of hydrogen-bond donors (Lipinski definition) is 2. The summed E-state index contributed by atoms with van der Waals surface area (Å²) < 4.78 is 0. The minimum absolute atomic E-state index is 0. The molecule has 1 heterocycles. The van der Waals surface area contributed by atoms with Gasteiger partial charge in [-0.05, 0) is 17.7 Å². The highest BCUT2D eigenvalue weighted by atomic mass is 35.5. The Balaban J connectivity index is 0.00000243. The van der Waals surface area contributed by atoms with E-state index in [1.807, 2.05) is 60.7 Å². The van der Waals surface area contributed by atoms with Crippen LogP contribution in [-0.2, 0) is 16.0 Å². The van der Waals surface area contributed by atoms with E-state index in [1.165, 1.54) is 0 Å². The first-order valence-corrected chi connectivity index (χ1v) is 8.53. The van der Waals surface area contributed by atoms with E-state index in [0.717, 1.165) is 11.3 Å². The van der Waals surface area contributed by atoms with E-state index in [-0.39, 0.29) is 30.1 Å². The third-order valence-corrected chi connectivity index (χ3v) is 4.52. The summed E-state index contributed by atoms with van der Waals surface area (Å²) in [5, 5.41) is 6.03. The van der Waals surface area contributed by atoms with Crippen LogP contribution in [-0.4, -0.2) is 38.0 Å². The Morgan fingerprint density at radius 2 is 1.65 bits per heavy atom. The summed E-state index contributed by atoms with van der Waals surface area (Å²) in [6.07, 6.45) is 0.475. The van der Waals surface area contributed by atoms with E-state index in [0.29, 0.717) is 19.5 Å². The van der Waals surface area contributed by atoms with Crippen molar-refractivity contribution in [2.75, 3.05) is 25.0 Å². The van der Waals surface area contributed by atoms with E-state index < -0.39 is 6.04 Å². The molecule has 0 bridgehead atoms. The largest absolute Gasteiger partial charge is 0.344 e. The number of nitrogens with zero attached hydrogens (tertiary/aromatic N) is 1.